The van der Waals surface area contributed by atoms with Crippen LogP contribution in [0.15, 0.2) is 0 Å². The number of hydrogen-bond donors (Lipinski definition) is 0. The summed E-state index contributed by atoms with van der Waals surface area (Å²) in [7, 11) is 0. The summed E-state index contributed by atoms with van der Waals surface area (Å²) in [5.41, 5.74) is 0. The second kappa shape index (κ2) is 2240. The summed E-state index contributed by atoms with van der Waals surface area (Å²) in [5.74, 6) is 17.2. The van der Waals surface area contributed by atoms with E-state index in [1.54, 1.807) is 0 Å². The maximum absolute atomic E-state index is 7.25. The molecule has 0 spiro atoms. The van der Waals surface area contributed by atoms with E-state index in [0.717, 1.165) is 0 Å². The summed E-state index contributed by atoms with van der Waals surface area (Å²) in [6.45, 7) is 0. The predicted octanol–water partition coefficient (Wildman–Crippen LogP) is -1.34. The maximum atomic E-state index is 7.25. The van der Waals surface area contributed by atoms with Crippen molar-refractivity contribution in [3.63, 3.8) is 0 Å². The molecule has 0 aliphatic heterocycles. The van der Waals surface area contributed by atoms with Crippen LogP contribution in [0.1, 0.15) is 0 Å². The molecule has 0 saturated carbocycles. The third kappa shape index (κ3) is 1470. The van der Waals surface area contributed by atoms with Crippen LogP contribution in [0.5, 0.6) is 0 Å². The van der Waals surface area contributed by atoms with Gasteiger partial charge in [0.25, 0.3) is 0 Å². The van der Waals surface area contributed by atoms with Gasteiger partial charge < -0.3 is 15.6 Å². The number of hydrogen-bond acceptors (Lipinski definition) is 3. The fourth-order valence-corrected chi connectivity index (χ4v) is 0. The molecule has 0 aliphatic rings. The van der Waals surface area contributed by atoms with Gasteiger partial charge in [-0.3, -0.25) is 0 Å². The monoisotopic (exact) mass is 153 g/mol. The number of nitrogens with zero attached hydrogens (tertiary/aromatic N) is 3. The van der Waals surface area contributed by atoms with Gasteiger partial charge in [0.15, 0.2) is 0 Å². The molecule has 0 atom stereocenters. The van der Waals surface area contributed by atoms with Gasteiger partial charge in [-0.1, -0.05) is 0 Å². The van der Waals surface area contributed by atoms with Gasteiger partial charge in [0.05, 0.1) is 0 Å². The Balaban J connectivity index is -0.00000000900. The fourth-order valence-electron chi connectivity index (χ4n) is 0. The molecule has 0 aliphatic carbocycles. The molecule has 0 aromatic heterocycles. The van der Waals surface area contributed by atoms with Crippen LogP contribution in [0.2, 0.25) is 0 Å². The minimum atomic E-state index is 0. The van der Waals surface area contributed by atoms with Crippen LogP contribution >= 0.6 is 0 Å². The van der Waals surface area contributed by atoms with Gasteiger partial charge in [0.2, 0.25) is 0 Å². The zero-order valence-electron chi connectivity index (χ0n) is 2.87. The van der Waals surface area contributed by atoms with Gasteiger partial charge >= 0.3 is 17.1 Å². The van der Waals surface area contributed by atoms with E-state index in [-0.39, 0.29) is 17.1 Å². The fraction of sp³-hybridized carbons (Fsp3) is 0. The summed E-state index contributed by atoms with van der Waals surface area (Å²) in [6.07, 6.45) is 0. The van der Waals surface area contributed by atoms with Crippen molar-refractivity contribution in [2.75, 3.05) is 0 Å². The normalized spacial score (nSPS) is 2.57. The van der Waals surface area contributed by atoms with Gasteiger partial charge in [-0.15, -0.1) is 0 Å². The summed E-state index contributed by atoms with van der Waals surface area (Å²) in [5, 5.41) is 21.8. The summed E-state index contributed by atoms with van der Waals surface area (Å²) in [6, 6.07) is 0. The van der Waals surface area contributed by atoms with Crippen LogP contribution in [0.3, 0.4) is 0 Å². The minimum Gasteiger partial charge on any atom is -0.757 e. The van der Waals surface area contributed by atoms with Crippen LogP contribution in [0, 0.1) is 15.6 Å². The third-order valence-electron chi connectivity index (χ3n) is 0. The predicted molar refractivity (Wildman–Crippen MR) is 16.5 cm³/mol. The second-order valence-corrected chi connectivity index (χ2v) is 0. The molecule has 7 heavy (non-hydrogen) atoms. The average Bonchev–Trinajstić information content (AvgIpc) is 1.81. The summed E-state index contributed by atoms with van der Waals surface area (Å²) < 4.78 is 0. The van der Waals surface area contributed by atoms with Gasteiger partial charge in [-0.05, 0) is 0 Å². The van der Waals surface area contributed by atoms with E-state index >= 15 is 0 Å². The van der Waals surface area contributed by atoms with E-state index in [2.05, 4.69) is 0 Å². The van der Waals surface area contributed by atoms with E-state index < -0.39 is 0 Å². The quantitative estimate of drug-likeness (QED) is 0.314. The number of rotatable bonds is 0. The molecule has 0 aromatic rings. The summed E-state index contributed by atoms with van der Waals surface area (Å²) in [4.78, 5) is 0. The van der Waals surface area contributed by atoms with Crippen molar-refractivity contribution in [3.05, 3.63) is 15.6 Å². The first-order valence-corrected chi connectivity index (χ1v) is 0.548. The molecule has 0 rings (SSSR count). The Kier molecular flexibility index (Phi) is 8540. The molecule has 0 N–H and O–H groups in total. The van der Waals surface area contributed by atoms with E-state index in [9.17, 15) is 0 Å². The van der Waals surface area contributed by atoms with Crippen LogP contribution in [-0.4, -0.2) is 0 Å². The zero-order valence-corrected chi connectivity index (χ0v) is 3.81. The molecule has 7 heteroatoms. The van der Waals surface area contributed by atoms with Crippen molar-refractivity contribution < 1.29 is 17.1 Å². The van der Waals surface area contributed by atoms with E-state index in [4.69, 9.17) is 33.3 Å². The Morgan fingerprint density at radius 2 is 0.571 bits per heavy atom. The average molecular weight is 154 g/mol. The molecule has 44 valence electrons. The first-order chi connectivity index (χ1) is 3.00. The standard InChI is InChI=1S/Cu.3NO/c;3*1-2/q+3;3*-1. The minimum absolute atomic E-state index is 0. The first-order valence-electron chi connectivity index (χ1n) is 0.548. The van der Waals surface area contributed by atoms with Crippen molar-refractivity contribution in [1.82, 2.24) is 17.7 Å². The largest absolute Gasteiger partial charge is 3.00 e. The van der Waals surface area contributed by atoms with Gasteiger partial charge in [-0.25, -0.2) is 17.7 Å². The Hall–Kier alpha value is 0.279. The Labute approximate surface area is 51.2 Å². The molecule has 0 fully saturated rings. The van der Waals surface area contributed by atoms with Gasteiger partial charge in [0.1, 0.15) is 0 Å². The second-order valence-electron chi connectivity index (χ2n) is 0. The van der Waals surface area contributed by atoms with Crippen molar-refractivity contribution in [2.24, 2.45) is 0 Å². The van der Waals surface area contributed by atoms with Crippen molar-refractivity contribution in [3.8, 4) is 0 Å². The summed E-state index contributed by atoms with van der Waals surface area (Å²) >= 11 is 0. The molecular formula is CuN3O3. The van der Waals surface area contributed by atoms with Gasteiger partial charge in [0, 0.05) is 0 Å². The molecule has 0 saturated heterocycles. The first kappa shape index (κ1) is 26.7. The topological polar surface area (TPSA) is 136 Å². The van der Waals surface area contributed by atoms with Gasteiger partial charge in [-0.2, -0.15) is 0 Å². The molecule has 6 radical (unpaired) electrons. The molecule has 0 amide bonds. The molecule has 6 nitrogen and oxygen atoms in total. The van der Waals surface area contributed by atoms with E-state index in [1.807, 2.05) is 0 Å². The molecule has 0 aromatic carbocycles. The van der Waals surface area contributed by atoms with Crippen LogP contribution in [0.25, 0.3) is 0 Å². The van der Waals surface area contributed by atoms with Crippen LogP contribution < -0.4 is 17.7 Å². The molecule has 0 heterocycles. The maximum Gasteiger partial charge on any atom is 3.00 e. The SMILES string of the molecule is [Cu+3].[N][O-].[N][O-].[N][O-]. The van der Waals surface area contributed by atoms with Crippen LogP contribution in [0.4, 0.5) is 0 Å². The molecular weight excluding hydrogens is 154 g/mol. The Morgan fingerprint density at radius 1 is 0.571 bits per heavy atom. The van der Waals surface area contributed by atoms with Crippen molar-refractivity contribution in [2.45, 2.75) is 0 Å². The smallest absolute Gasteiger partial charge is 0.757 e. The zero-order chi connectivity index (χ0) is 6.00. The van der Waals surface area contributed by atoms with E-state index in [1.165, 1.54) is 0 Å². The van der Waals surface area contributed by atoms with Crippen LogP contribution in [-0.2, 0) is 17.1 Å². The molecule has 0 unspecified atom stereocenters. The van der Waals surface area contributed by atoms with Crippen molar-refractivity contribution >= 4 is 0 Å². The van der Waals surface area contributed by atoms with E-state index in [0.29, 0.717) is 0 Å². The van der Waals surface area contributed by atoms with Crippen molar-refractivity contribution in [1.29, 1.82) is 0 Å². The Bertz CT molecular complexity index is 10.1. The molecule has 0 bridgehead atoms. The Morgan fingerprint density at radius 3 is 0.571 bits per heavy atom. The third-order valence-corrected chi connectivity index (χ3v) is 0.